The number of nitrogens with zero attached hydrogens (tertiary/aromatic N) is 1. The van der Waals surface area contributed by atoms with Gasteiger partial charge in [-0.2, -0.15) is 0 Å². The average molecular weight is 289 g/mol. The van der Waals surface area contributed by atoms with Crippen molar-refractivity contribution in [3.05, 3.63) is 65.2 Å². The van der Waals surface area contributed by atoms with Gasteiger partial charge in [-0.1, -0.05) is 36.4 Å². The Morgan fingerprint density at radius 3 is 2.38 bits per heavy atom. The van der Waals surface area contributed by atoms with Crippen molar-refractivity contribution in [3.8, 4) is 5.75 Å². The second-order valence-corrected chi connectivity index (χ2v) is 5.25. The highest BCUT2D eigenvalue weighted by atomic mass is 19.2. The lowest BCUT2D eigenvalue weighted by molar-refractivity contribution is -0.00330. The van der Waals surface area contributed by atoms with Gasteiger partial charge in [-0.25, -0.2) is 8.78 Å². The molecule has 0 fully saturated rings. The first-order valence-corrected chi connectivity index (χ1v) is 6.86. The molecule has 2 aromatic carbocycles. The number of fused-ring (bicyclic) bond motifs is 1. The van der Waals surface area contributed by atoms with Gasteiger partial charge in [0.05, 0.1) is 13.2 Å². The topological polar surface area (TPSA) is 12.5 Å². The minimum absolute atomic E-state index is 0.321. The minimum atomic E-state index is -1.66. The van der Waals surface area contributed by atoms with Gasteiger partial charge >= 0.3 is 0 Å². The lowest BCUT2D eigenvalue weighted by Crippen LogP contribution is -2.40. The van der Waals surface area contributed by atoms with Crippen LogP contribution in [0.5, 0.6) is 5.75 Å². The van der Waals surface area contributed by atoms with Crippen LogP contribution in [0.3, 0.4) is 0 Å². The van der Waals surface area contributed by atoms with E-state index in [1.165, 1.54) is 4.90 Å². The summed E-state index contributed by atoms with van der Waals surface area (Å²) < 4.78 is 33.8. The van der Waals surface area contributed by atoms with E-state index in [1.807, 2.05) is 30.3 Å². The van der Waals surface area contributed by atoms with Gasteiger partial charge < -0.3 is 4.74 Å². The summed E-state index contributed by atoms with van der Waals surface area (Å²) >= 11 is 0. The summed E-state index contributed by atoms with van der Waals surface area (Å²) in [6.45, 7) is 0. The first-order valence-electron chi connectivity index (χ1n) is 6.86. The summed E-state index contributed by atoms with van der Waals surface area (Å²) in [6, 6.07) is 14.3. The molecule has 0 saturated heterocycles. The number of halogens is 2. The molecule has 1 heterocycles. The largest absolute Gasteiger partial charge is 0.497 e. The number of hydrogen-bond acceptors (Lipinski definition) is 2. The van der Waals surface area contributed by atoms with Crippen LogP contribution in [0.25, 0.3) is 0 Å². The molecule has 3 atom stereocenters. The fourth-order valence-corrected chi connectivity index (χ4v) is 2.93. The first kappa shape index (κ1) is 14.0. The minimum Gasteiger partial charge on any atom is -0.497 e. The smallest absolute Gasteiger partial charge is 0.189 e. The van der Waals surface area contributed by atoms with Crippen LogP contribution < -0.4 is 4.74 Å². The molecule has 0 radical (unpaired) electrons. The number of likely N-dealkylation sites (N-methyl/N-ethyl adjacent to an activating group) is 1. The van der Waals surface area contributed by atoms with Gasteiger partial charge in [0.1, 0.15) is 5.75 Å². The van der Waals surface area contributed by atoms with E-state index in [0.717, 1.165) is 11.1 Å². The molecule has 1 aliphatic heterocycles. The van der Waals surface area contributed by atoms with Crippen molar-refractivity contribution < 1.29 is 13.5 Å². The predicted octanol–water partition coefficient (Wildman–Crippen LogP) is 4.04. The van der Waals surface area contributed by atoms with Gasteiger partial charge in [0.2, 0.25) is 0 Å². The van der Waals surface area contributed by atoms with Gasteiger partial charge in [0.25, 0.3) is 0 Å². The van der Waals surface area contributed by atoms with E-state index >= 15 is 0 Å². The third-order valence-corrected chi connectivity index (χ3v) is 4.04. The molecule has 0 amide bonds. The quantitative estimate of drug-likeness (QED) is 0.774. The van der Waals surface area contributed by atoms with Gasteiger partial charge in [-0.3, -0.25) is 4.90 Å². The Morgan fingerprint density at radius 2 is 1.71 bits per heavy atom. The van der Waals surface area contributed by atoms with Crippen LogP contribution in [-0.4, -0.2) is 25.4 Å². The van der Waals surface area contributed by atoms with Crippen molar-refractivity contribution in [3.63, 3.8) is 0 Å². The van der Waals surface area contributed by atoms with Crippen LogP contribution in [-0.2, 0) is 0 Å². The van der Waals surface area contributed by atoms with E-state index in [2.05, 4.69) is 0 Å². The summed E-state index contributed by atoms with van der Waals surface area (Å²) in [7, 11) is 3.17. The molecule has 0 N–H and O–H groups in total. The van der Waals surface area contributed by atoms with Gasteiger partial charge in [-0.05, 0) is 35.9 Å². The van der Waals surface area contributed by atoms with Crippen molar-refractivity contribution in [1.29, 1.82) is 0 Å². The molecule has 3 unspecified atom stereocenters. The highest BCUT2D eigenvalue weighted by Gasteiger charge is 2.40. The van der Waals surface area contributed by atoms with E-state index < -0.39 is 12.5 Å². The zero-order chi connectivity index (χ0) is 15.0. The molecule has 3 rings (SSSR count). The Bertz CT molecular complexity index is 632. The Kier molecular flexibility index (Phi) is 3.64. The summed E-state index contributed by atoms with van der Waals surface area (Å²) in [5.41, 5.74) is 2.09. The monoisotopic (exact) mass is 289 g/mol. The van der Waals surface area contributed by atoms with Crippen LogP contribution in [0.15, 0.2) is 48.5 Å². The molecule has 110 valence electrons. The molecular weight excluding hydrogens is 272 g/mol. The van der Waals surface area contributed by atoms with Crippen LogP contribution in [0.1, 0.15) is 28.9 Å². The maximum Gasteiger partial charge on any atom is 0.189 e. The Labute approximate surface area is 123 Å². The molecule has 2 aromatic rings. The van der Waals surface area contributed by atoms with E-state index in [4.69, 9.17) is 4.74 Å². The zero-order valence-electron chi connectivity index (χ0n) is 12.0. The highest BCUT2D eigenvalue weighted by Crippen LogP contribution is 2.44. The van der Waals surface area contributed by atoms with Gasteiger partial charge in [0, 0.05) is 0 Å². The van der Waals surface area contributed by atoms with E-state index in [-0.39, 0.29) is 6.04 Å². The maximum atomic E-state index is 14.3. The van der Waals surface area contributed by atoms with Crippen molar-refractivity contribution in [2.24, 2.45) is 0 Å². The summed E-state index contributed by atoms with van der Waals surface area (Å²) in [4.78, 5) is 1.43. The number of hydrogen-bond donors (Lipinski definition) is 0. The van der Waals surface area contributed by atoms with Crippen molar-refractivity contribution in [1.82, 2.24) is 4.90 Å². The van der Waals surface area contributed by atoms with Crippen LogP contribution >= 0.6 is 0 Å². The first-order chi connectivity index (χ1) is 10.1. The van der Waals surface area contributed by atoms with Crippen LogP contribution in [0, 0.1) is 0 Å². The normalized spacial score (nSPS) is 25.4. The summed E-state index contributed by atoms with van der Waals surface area (Å²) in [6.07, 6.45) is -3.30. The molecular formula is C17H17F2NO. The molecule has 0 spiro atoms. The third kappa shape index (κ3) is 2.29. The molecule has 21 heavy (non-hydrogen) atoms. The van der Waals surface area contributed by atoms with Crippen molar-refractivity contribution in [2.75, 3.05) is 14.2 Å². The van der Waals surface area contributed by atoms with Gasteiger partial charge in [0.15, 0.2) is 12.5 Å². The molecule has 0 aromatic heterocycles. The van der Waals surface area contributed by atoms with Crippen LogP contribution in [0.4, 0.5) is 8.78 Å². The SMILES string of the molecule is COc1ccc2c(c1)C(c1ccccc1)N(C)C(F)C2F. The lowest BCUT2D eigenvalue weighted by Gasteiger charge is -2.39. The summed E-state index contributed by atoms with van der Waals surface area (Å²) in [5, 5.41) is 0. The second-order valence-electron chi connectivity index (χ2n) is 5.25. The Morgan fingerprint density at radius 1 is 1.00 bits per heavy atom. The number of ether oxygens (including phenoxy) is 1. The Hall–Kier alpha value is -1.94. The third-order valence-electron chi connectivity index (χ3n) is 4.04. The predicted molar refractivity (Wildman–Crippen MR) is 77.8 cm³/mol. The number of benzene rings is 2. The second kappa shape index (κ2) is 5.45. The van der Waals surface area contributed by atoms with Gasteiger partial charge in [-0.15, -0.1) is 0 Å². The Balaban J connectivity index is 2.17. The van der Waals surface area contributed by atoms with Crippen LogP contribution in [0.2, 0.25) is 0 Å². The fraction of sp³-hybridized carbons (Fsp3) is 0.294. The van der Waals surface area contributed by atoms with E-state index in [0.29, 0.717) is 11.3 Å². The van der Waals surface area contributed by atoms with E-state index in [9.17, 15) is 8.78 Å². The van der Waals surface area contributed by atoms with Crippen molar-refractivity contribution in [2.45, 2.75) is 18.5 Å². The maximum absolute atomic E-state index is 14.3. The molecule has 0 bridgehead atoms. The standard InChI is InChI=1S/C17H17F2NO/c1-20-16(11-6-4-3-5-7-11)14-10-12(21-2)8-9-13(14)15(18)17(20)19/h3-10,15-17H,1-2H3. The molecule has 0 saturated carbocycles. The van der Waals surface area contributed by atoms with Crippen molar-refractivity contribution >= 4 is 0 Å². The number of rotatable bonds is 2. The summed E-state index contributed by atoms with van der Waals surface area (Å²) in [5.74, 6) is 0.646. The molecule has 2 nitrogen and oxygen atoms in total. The highest BCUT2D eigenvalue weighted by molar-refractivity contribution is 5.45. The lowest BCUT2D eigenvalue weighted by atomic mass is 9.87. The molecule has 1 aliphatic rings. The molecule has 4 heteroatoms. The molecule has 0 aliphatic carbocycles. The number of alkyl halides is 2. The average Bonchev–Trinajstić information content (AvgIpc) is 2.53. The van der Waals surface area contributed by atoms with E-state index in [1.54, 1.807) is 32.4 Å². The fourth-order valence-electron chi connectivity index (χ4n) is 2.93. The number of methoxy groups -OCH3 is 1. The zero-order valence-corrected chi connectivity index (χ0v) is 12.0.